The number of hydrogen-bond acceptors (Lipinski definition) is 5. The fraction of sp³-hybridized carbons (Fsp3) is 0.429. The number of aromatic nitrogens is 2. The van der Waals surface area contributed by atoms with Crippen LogP contribution in [0.3, 0.4) is 0 Å². The van der Waals surface area contributed by atoms with Crippen molar-refractivity contribution in [2.45, 2.75) is 19.6 Å². The minimum Gasteiger partial charge on any atom is -0.493 e. The van der Waals surface area contributed by atoms with Gasteiger partial charge < -0.3 is 9.47 Å². The van der Waals surface area contributed by atoms with Crippen LogP contribution >= 0.6 is 0 Å². The van der Waals surface area contributed by atoms with Crippen LogP contribution < -0.4 is 9.47 Å². The van der Waals surface area contributed by atoms with Crippen LogP contribution in [0.15, 0.2) is 18.5 Å². The van der Waals surface area contributed by atoms with Gasteiger partial charge in [-0.05, 0) is 26.6 Å². The van der Waals surface area contributed by atoms with Crippen LogP contribution in [0.2, 0.25) is 0 Å². The molecule has 1 atom stereocenters. The van der Waals surface area contributed by atoms with Gasteiger partial charge in [-0.1, -0.05) is 6.92 Å². The lowest BCUT2D eigenvalue weighted by molar-refractivity contribution is 0.0587. The van der Waals surface area contributed by atoms with Crippen molar-refractivity contribution in [3.05, 3.63) is 24.7 Å². The Morgan fingerprint density at radius 3 is 2.74 bits per heavy atom. The molecule has 0 amide bonds. The molecule has 2 aromatic rings. The lowest BCUT2D eigenvalue weighted by atomic mass is 10.2. The molecule has 19 heavy (non-hydrogen) atoms. The van der Waals surface area contributed by atoms with Crippen molar-refractivity contribution >= 4 is 10.9 Å². The molecule has 0 bridgehead atoms. The van der Waals surface area contributed by atoms with Crippen molar-refractivity contribution in [3.63, 3.8) is 0 Å². The molecule has 0 spiro atoms. The summed E-state index contributed by atoms with van der Waals surface area (Å²) in [6, 6.07) is 3.70. The second-order valence-corrected chi connectivity index (χ2v) is 4.45. The van der Waals surface area contributed by atoms with Gasteiger partial charge in [-0.2, -0.15) is 0 Å². The number of benzene rings is 1. The van der Waals surface area contributed by atoms with E-state index in [0.29, 0.717) is 11.5 Å². The minimum absolute atomic E-state index is 0.00262. The van der Waals surface area contributed by atoms with Crippen molar-refractivity contribution in [3.8, 4) is 11.5 Å². The van der Waals surface area contributed by atoms with Crippen LogP contribution in [-0.2, 0) is 0 Å². The monoisotopic (exact) mass is 260 g/mol. The zero-order valence-electron chi connectivity index (χ0n) is 11.7. The van der Waals surface area contributed by atoms with E-state index in [2.05, 4.69) is 23.1 Å². The summed E-state index contributed by atoms with van der Waals surface area (Å²) in [5.41, 5.74) is 0.791. The molecule has 1 radical (unpaired) electrons. The van der Waals surface area contributed by atoms with E-state index in [1.807, 2.05) is 31.1 Å². The predicted octanol–water partition coefficient (Wildman–Crippen LogP) is 2.12. The highest BCUT2D eigenvalue weighted by Gasteiger charge is 2.15. The summed E-state index contributed by atoms with van der Waals surface area (Å²) in [7, 11) is 5.59. The third-order valence-electron chi connectivity index (χ3n) is 2.91. The van der Waals surface area contributed by atoms with Crippen molar-refractivity contribution in [2.24, 2.45) is 0 Å². The molecule has 2 rings (SSSR count). The highest BCUT2D eigenvalue weighted by molar-refractivity contribution is 5.81. The highest BCUT2D eigenvalue weighted by atomic mass is 16.5. The Labute approximate surface area is 113 Å². The van der Waals surface area contributed by atoms with Gasteiger partial charge >= 0.3 is 0 Å². The average Bonchev–Trinajstić information content (AvgIpc) is 2.43. The summed E-state index contributed by atoms with van der Waals surface area (Å²) < 4.78 is 11.3. The first-order valence-electron chi connectivity index (χ1n) is 6.19. The van der Waals surface area contributed by atoms with Gasteiger partial charge in [-0.25, -0.2) is 9.97 Å². The lowest BCUT2D eigenvalue weighted by Gasteiger charge is -2.25. The molecule has 0 saturated heterocycles. The number of ether oxygens (including phenoxy) is 2. The molecule has 0 N–H and O–H groups in total. The third kappa shape index (κ3) is 2.93. The second kappa shape index (κ2) is 5.84. The van der Waals surface area contributed by atoms with E-state index >= 15 is 0 Å². The van der Waals surface area contributed by atoms with E-state index in [4.69, 9.17) is 9.47 Å². The molecule has 0 aliphatic heterocycles. The number of nitrogens with zero attached hydrogens (tertiary/aromatic N) is 3. The molecular weight excluding hydrogens is 242 g/mol. The molecule has 1 aromatic carbocycles. The third-order valence-corrected chi connectivity index (χ3v) is 2.91. The van der Waals surface area contributed by atoms with Gasteiger partial charge in [-0.3, -0.25) is 4.90 Å². The minimum atomic E-state index is -0.00262. The molecular formula is C14H18N3O2. The SMILES string of the molecule is CCC(Oc1cc2ncn[c]c2cc1OC)N(C)C. The summed E-state index contributed by atoms with van der Waals surface area (Å²) in [5.74, 6) is 1.35. The Bertz CT molecular complexity index is 557. The molecule has 0 fully saturated rings. The van der Waals surface area contributed by atoms with Gasteiger partial charge in [-0.15, -0.1) is 0 Å². The quantitative estimate of drug-likeness (QED) is 0.771. The summed E-state index contributed by atoms with van der Waals surface area (Å²) in [5, 5.41) is 0.810. The molecule has 1 aromatic heterocycles. The van der Waals surface area contributed by atoms with E-state index in [-0.39, 0.29) is 6.23 Å². The van der Waals surface area contributed by atoms with E-state index < -0.39 is 0 Å². The lowest BCUT2D eigenvalue weighted by Crippen LogP contribution is -2.32. The van der Waals surface area contributed by atoms with Crippen LogP contribution in [0, 0.1) is 6.20 Å². The fourth-order valence-corrected chi connectivity index (χ4v) is 1.89. The van der Waals surface area contributed by atoms with Crippen LogP contribution in [0.1, 0.15) is 13.3 Å². The van der Waals surface area contributed by atoms with Crippen LogP contribution in [0.25, 0.3) is 10.9 Å². The maximum Gasteiger partial charge on any atom is 0.165 e. The number of rotatable bonds is 5. The van der Waals surface area contributed by atoms with Gasteiger partial charge in [0.25, 0.3) is 0 Å². The van der Waals surface area contributed by atoms with Gasteiger partial charge in [0.05, 0.1) is 12.6 Å². The summed E-state index contributed by atoms with van der Waals surface area (Å²) in [4.78, 5) is 10.1. The summed E-state index contributed by atoms with van der Waals surface area (Å²) in [6.07, 6.45) is 5.23. The van der Waals surface area contributed by atoms with E-state index in [1.54, 1.807) is 7.11 Å². The van der Waals surface area contributed by atoms with Crippen molar-refractivity contribution < 1.29 is 9.47 Å². The molecule has 0 saturated carbocycles. The number of methoxy groups -OCH3 is 1. The number of fused-ring (bicyclic) bond motifs is 1. The normalized spacial score (nSPS) is 12.7. The van der Waals surface area contributed by atoms with Crippen molar-refractivity contribution in [1.29, 1.82) is 0 Å². The predicted molar refractivity (Wildman–Crippen MR) is 73.3 cm³/mol. The topological polar surface area (TPSA) is 47.5 Å². The van der Waals surface area contributed by atoms with Crippen LogP contribution in [0.5, 0.6) is 11.5 Å². The summed E-state index contributed by atoms with van der Waals surface area (Å²) >= 11 is 0. The Balaban J connectivity index is 2.40. The number of hydrogen-bond donors (Lipinski definition) is 0. The molecule has 1 heterocycles. The van der Waals surface area contributed by atoms with Gasteiger partial charge in [0.2, 0.25) is 0 Å². The first-order valence-corrected chi connectivity index (χ1v) is 6.19. The van der Waals surface area contributed by atoms with Crippen molar-refractivity contribution in [1.82, 2.24) is 14.9 Å². The van der Waals surface area contributed by atoms with Crippen LogP contribution in [-0.4, -0.2) is 42.3 Å². The maximum absolute atomic E-state index is 5.98. The zero-order chi connectivity index (χ0) is 13.8. The molecule has 0 aliphatic rings. The van der Waals surface area contributed by atoms with Crippen LogP contribution in [0.4, 0.5) is 0 Å². The van der Waals surface area contributed by atoms with Gasteiger partial charge in [0.15, 0.2) is 17.7 Å². The Kier molecular flexibility index (Phi) is 4.16. The smallest absolute Gasteiger partial charge is 0.165 e. The Morgan fingerprint density at radius 1 is 1.32 bits per heavy atom. The van der Waals surface area contributed by atoms with E-state index in [1.165, 1.54) is 6.33 Å². The molecule has 5 heteroatoms. The largest absolute Gasteiger partial charge is 0.493 e. The van der Waals surface area contributed by atoms with Gasteiger partial charge in [0.1, 0.15) is 12.5 Å². The van der Waals surface area contributed by atoms with Crippen molar-refractivity contribution in [2.75, 3.05) is 21.2 Å². The molecule has 101 valence electrons. The first-order chi connectivity index (χ1) is 9.15. The molecule has 0 aliphatic carbocycles. The molecule has 5 nitrogen and oxygen atoms in total. The molecule has 1 unspecified atom stereocenters. The zero-order valence-corrected chi connectivity index (χ0v) is 11.7. The summed E-state index contributed by atoms with van der Waals surface area (Å²) in [6.45, 7) is 2.08. The fourth-order valence-electron chi connectivity index (χ4n) is 1.89. The maximum atomic E-state index is 5.98. The average molecular weight is 260 g/mol. The Hall–Kier alpha value is -1.88. The highest BCUT2D eigenvalue weighted by Crippen LogP contribution is 2.32. The first kappa shape index (κ1) is 13.5. The van der Waals surface area contributed by atoms with E-state index in [9.17, 15) is 0 Å². The Morgan fingerprint density at radius 2 is 2.11 bits per heavy atom. The second-order valence-electron chi connectivity index (χ2n) is 4.45. The standard InChI is InChI=1S/C14H18N3O2/c1-5-14(17(2)3)19-13-7-11-10(6-12(13)18-4)8-15-9-16-11/h6-7,9,14H,5H2,1-4H3. The van der Waals surface area contributed by atoms with E-state index in [0.717, 1.165) is 17.3 Å². The van der Waals surface area contributed by atoms with Gasteiger partial charge in [0, 0.05) is 11.5 Å².